The van der Waals surface area contributed by atoms with Crippen LogP contribution in [0.3, 0.4) is 0 Å². The van der Waals surface area contributed by atoms with E-state index in [4.69, 9.17) is 13.9 Å². The molecule has 3 rings (SSSR count). The van der Waals surface area contributed by atoms with E-state index in [0.717, 1.165) is 18.4 Å². The molecule has 0 bridgehead atoms. The van der Waals surface area contributed by atoms with Gasteiger partial charge in [0.05, 0.1) is 25.5 Å². The van der Waals surface area contributed by atoms with Crippen molar-refractivity contribution >= 4 is 5.91 Å². The van der Waals surface area contributed by atoms with Gasteiger partial charge in [-0.3, -0.25) is 4.79 Å². The number of amides is 1. The van der Waals surface area contributed by atoms with Crippen molar-refractivity contribution in [3.63, 3.8) is 0 Å². The summed E-state index contributed by atoms with van der Waals surface area (Å²) in [5.41, 5.74) is 2.19. The van der Waals surface area contributed by atoms with E-state index in [-0.39, 0.29) is 11.9 Å². The Balaban J connectivity index is 1.84. The molecule has 0 saturated carbocycles. The molecule has 1 aromatic heterocycles. The van der Waals surface area contributed by atoms with Gasteiger partial charge in [-0.15, -0.1) is 0 Å². The Bertz CT molecular complexity index is 891. The van der Waals surface area contributed by atoms with Crippen LogP contribution in [-0.2, 0) is 6.42 Å². The number of hydrogen-bond donors (Lipinski definition) is 1. The van der Waals surface area contributed by atoms with Gasteiger partial charge in [-0.05, 0) is 62.1 Å². The molecule has 0 unspecified atom stereocenters. The first-order valence-corrected chi connectivity index (χ1v) is 9.99. The van der Waals surface area contributed by atoms with Gasteiger partial charge in [0.25, 0.3) is 5.91 Å². The predicted molar refractivity (Wildman–Crippen MR) is 112 cm³/mol. The van der Waals surface area contributed by atoms with Gasteiger partial charge >= 0.3 is 0 Å². The van der Waals surface area contributed by atoms with Crippen molar-refractivity contribution in [2.45, 2.75) is 32.7 Å². The standard InChI is InChI=1S/C24H27NO4/c1-3-27-21-15-13-19(17-23(21)28-4-2)20(14-12-18-9-6-5-7-10-18)25-24(26)22-11-8-16-29-22/h5-11,13,15-17,20H,3-4,12,14H2,1-2H3,(H,25,26)/t20-/m1/s1. The van der Waals surface area contributed by atoms with Crippen molar-refractivity contribution < 1.29 is 18.7 Å². The van der Waals surface area contributed by atoms with E-state index in [9.17, 15) is 4.79 Å². The fraction of sp³-hybridized carbons (Fsp3) is 0.292. The summed E-state index contributed by atoms with van der Waals surface area (Å²) in [5.74, 6) is 1.45. The lowest BCUT2D eigenvalue weighted by molar-refractivity contribution is 0.0906. The third kappa shape index (κ3) is 5.64. The molecule has 152 valence electrons. The molecule has 3 aromatic rings. The highest BCUT2D eigenvalue weighted by Crippen LogP contribution is 2.32. The van der Waals surface area contributed by atoms with Crippen LogP contribution in [0.1, 0.15) is 48.0 Å². The minimum absolute atomic E-state index is 0.192. The number of hydrogen-bond acceptors (Lipinski definition) is 4. The average Bonchev–Trinajstić information content (AvgIpc) is 3.28. The van der Waals surface area contributed by atoms with Crippen LogP contribution in [-0.4, -0.2) is 19.1 Å². The Labute approximate surface area is 171 Å². The Morgan fingerprint density at radius 1 is 0.966 bits per heavy atom. The summed E-state index contributed by atoms with van der Waals surface area (Å²) in [6, 6.07) is 19.2. The van der Waals surface area contributed by atoms with Gasteiger partial charge in [0.15, 0.2) is 17.3 Å². The average molecular weight is 393 g/mol. The van der Waals surface area contributed by atoms with Gasteiger partial charge in [-0.1, -0.05) is 36.4 Å². The zero-order chi connectivity index (χ0) is 20.5. The number of carbonyl (C=O) groups excluding carboxylic acids is 1. The number of benzene rings is 2. The molecular formula is C24H27NO4. The van der Waals surface area contributed by atoms with Gasteiger partial charge in [-0.2, -0.15) is 0 Å². The van der Waals surface area contributed by atoms with E-state index in [0.29, 0.717) is 30.5 Å². The lowest BCUT2D eigenvalue weighted by Gasteiger charge is -2.21. The molecular weight excluding hydrogens is 366 g/mol. The second-order valence-electron chi connectivity index (χ2n) is 6.60. The van der Waals surface area contributed by atoms with Gasteiger partial charge in [0.1, 0.15) is 0 Å². The third-order valence-electron chi connectivity index (χ3n) is 4.58. The number of aryl methyl sites for hydroxylation is 1. The molecule has 1 atom stereocenters. The molecule has 29 heavy (non-hydrogen) atoms. The Hall–Kier alpha value is -3.21. The number of nitrogens with one attached hydrogen (secondary N) is 1. The summed E-state index contributed by atoms with van der Waals surface area (Å²) < 4.78 is 16.7. The van der Waals surface area contributed by atoms with E-state index in [2.05, 4.69) is 17.4 Å². The highest BCUT2D eigenvalue weighted by molar-refractivity contribution is 5.91. The highest BCUT2D eigenvalue weighted by atomic mass is 16.5. The Morgan fingerprint density at radius 2 is 1.72 bits per heavy atom. The number of ether oxygens (including phenoxy) is 2. The molecule has 2 aromatic carbocycles. The number of carbonyl (C=O) groups is 1. The lowest BCUT2D eigenvalue weighted by Crippen LogP contribution is -2.28. The van der Waals surface area contributed by atoms with E-state index in [1.54, 1.807) is 12.1 Å². The molecule has 5 nitrogen and oxygen atoms in total. The van der Waals surface area contributed by atoms with Crippen LogP contribution < -0.4 is 14.8 Å². The minimum Gasteiger partial charge on any atom is -0.490 e. The van der Waals surface area contributed by atoms with E-state index < -0.39 is 0 Å². The summed E-state index contributed by atoms with van der Waals surface area (Å²) in [7, 11) is 0. The molecule has 1 amide bonds. The Morgan fingerprint density at radius 3 is 2.41 bits per heavy atom. The van der Waals surface area contributed by atoms with Crippen LogP contribution >= 0.6 is 0 Å². The second kappa shape index (κ2) is 10.4. The largest absolute Gasteiger partial charge is 0.490 e. The topological polar surface area (TPSA) is 60.7 Å². The van der Waals surface area contributed by atoms with E-state index >= 15 is 0 Å². The van der Waals surface area contributed by atoms with Crippen molar-refractivity contribution in [3.05, 3.63) is 83.8 Å². The summed E-state index contributed by atoms with van der Waals surface area (Å²) in [6.07, 6.45) is 3.08. The zero-order valence-corrected chi connectivity index (χ0v) is 16.9. The fourth-order valence-electron chi connectivity index (χ4n) is 3.20. The zero-order valence-electron chi connectivity index (χ0n) is 16.9. The maximum Gasteiger partial charge on any atom is 0.287 e. The molecule has 0 saturated heterocycles. The van der Waals surface area contributed by atoms with Crippen molar-refractivity contribution in [2.24, 2.45) is 0 Å². The summed E-state index contributed by atoms with van der Waals surface area (Å²) >= 11 is 0. The van der Waals surface area contributed by atoms with Crippen LogP contribution in [0.2, 0.25) is 0 Å². The molecule has 0 radical (unpaired) electrons. The fourth-order valence-corrected chi connectivity index (χ4v) is 3.20. The molecule has 0 fully saturated rings. The maximum absolute atomic E-state index is 12.6. The van der Waals surface area contributed by atoms with Crippen molar-refractivity contribution in [2.75, 3.05) is 13.2 Å². The molecule has 1 N–H and O–H groups in total. The predicted octanol–water partition coefficient (Wildman–Crippen LogP) is 5.18. The third-order valence-corrected chi connectivity index (χ3v) is 4.58. The number of rotatable bonds is 10. The summed E-state index contributed by atoms with van der Waals surface area (Å²) in [4.78, 5) is 12.6. The van der Waals surface area contributed by atoms with Crippen LogP contribution in [0.5, 0.6) is 11.5 Å². The molecule has 0 aliphatic rings. The molecule has 0 spiro atoms. The molecule has 0 aliphatic heterocycles. The Kier molecular flexibility index (Phi) is 7.34. The van der Waals surface area contributed by atoms with Gasteiger partial charge in [0.2, 0.25) is 0 Å². The highest BCUT2D eigenvalue weighted by Gasteiger charge is 2.19. The summed E-state index contributed by atoms with van der Waals surface area (Å²) in [5, 5.41) is 3.10. The first-order valence-electron chi connectivity index (χ1n) is 9.99. The van der Waals surface area contributed by atoms with Crippen molar-refractivity contribution in [3.8, 4) is 11.5 Å². The minimum atomic E-state index is -0.236. The van der Waals surface area contributed by atoms with Crippen LogP contribution in [0.4, 0.5) is 0 Å². The monoisotopic (exact) mass is 393 g/mol. The first kappa shape index (κ1) is 20.5. The summed E-state index contributed by atoms with van der Waals surface area (Å²) in [6.45, 7) is 4.98. The SMILES string of the molecule is CCOc1ccc([C@@H](CCc2ccccc2)NC(=O)c2ccco2)cc1OCC. The normalized spacial score (nSPS) is 11.7. The van der Waals surface area contributed by atoms with E-state index in [1.165, 1.54) is 11.8 Å². The van der Waals surface area contributed by atoms with Crippen molar-refractivity contribution in [1.82, 2.24) is 5.32 Å². The van der Waals surface area contributed by atoms with Gasteiger partial charge in [0, 0.05) is 0 Å². The smallest absolute Gasteiger partial charge is 0.287 e. The van der Waals surface area contributed by atoms with E-state index in [1.807, 2.05) is 50.2 Å². The first-order chi connectivity index (χ1) is 14.2. The quantitative estimate of drug-likeness (QED) is 0.515. The maximum atomic E-state index is 12.6. The second-order valence-corrected chi connectivity index (χ2v) is 6.60. The number of furan rings is 1. The van der Waals surface area contributed by atoms with Gasteiger partial charge in [-0.25, -0.2) is 0 Å². The van der Waals surface area contributed by atoms with Crippen molar-refractivity contribution in [1.29, 1.82) is 0 Å². The molecule has 5 heteroatoms. The van der Waals surface area contributed by atoms with Crippen LogP contribution in [0.15, 0.2) is 71.3 Å². The lowest BCUT2D eigenvalue weighted by atomic mass is 9.98. The van der Waals surface area contributed by atoms with Gasteiger partial charge < -0.3 is 19.2 Å². The molecule has 0 aliphatic carbocycles. The van der Waals surface area contributed by atoms with Crippen LogP contribution in [0, 0.1) is 0 Å². The van der Waals surface area contributed by atoms with Crippen LogP contribution in [0.25, 0.3) is 0 Å². The molecule has 1 heterocycles.